The minimum absolute atomic E-state index is 0.128. The van der Waals surface area contributed by atoms with Crippen molar-refractivity contribution in [2.75, 3.05) is 31.1 Å². The lowest BCUT2D eigenvalue weighted by atomic mass is 9.93. The molecule has 2 N–H and O–H groups in total. The number of fused-ring (bicyclic) bond motifs is 1. The van der Waals surface area contributed by atoms with Crippen LogP contribution >= 0.6 is 0 Å². The number of pyridine rings is 1. The quantitative estimate of drug-likeness (QED) is 0.354. The molecule has 0 atom stereocenters. The lowest BCUT2D eigenvalue weighted by molar-refractivity contribution is 0.0580. The number of anilines is 1. The summed E-state index contributed by atoms with van der Waals surface area (Å²) in [6, 6.07) is 10.9. The van der Waals surface area contributed by atoms with Gasteiger partial charge < -0.3 is 15.3 Å². The van der Waals surface area contributed by atoms with E-state index in [2.05, 4.69) is 26.2 Å². The van der Waals surface area contributed by atoms with Crippen LogP contribution in [0, 0.1) is 29.5 Å². The van der Waals surface area contributed by atoms with Crippen molar-refractivity contribution in [1.82, 2.24) is 20.1 Å². The average molecular weight is 528 g/mol. The Bertz CT molecular complexity index is 1630. The second-order valence-electron chi connectivity index (χ2n) is 10.3. The maximum Gasteiger partial charge on any atom is 0.222 e. The van der Waals surface area contributed by atoms with E-state index in [0.717, 1.165) is 26.1 Å². The molecule has 0 saturated carbocycles. The number of benzene rings is 2. The largest absolute Gasteiger partial charge is 0.389 e. The molecule has 8 nitrogen and oxygen atoms in total. The molecule has 0 amide bonds. The van der Waals surface area contributed by atoms with E-state index in [1.54, 1.807) is 42.9 Å². The number of aromatic nitrogens is 3. The van der Waals surface area contributed by atoms with E-state index in [4.69, 9.17) is 11.6 Å². The topological polar surface area (TPSA) is 94.4 Å². The molecule has 2 aromatic carbocycles. The highest BCUT2D eigenvalue weighted by Crippen LogP contribution is 2.39. The van der Waals surface area contributed by atoms with Crippen molar-refractivity contribution in [2.24, 2.45) is 0 Å². The molecule has 1 aliphatic rings. The van der Waals surface area contributed by atoms with Gasteiger partial charge in [-0.2, -0.15) is 10.4 Å². The summed E-state index contributed by atoms with van der Waals surface area (Å²) >= 11 is 0. The Balaban J connectivity index is 1.74. The normalized spacial score (nSPS) is 14.2. The first-order valence-corrected chi connectivity index (χ1v) is 12.6. The molecular formula is C29H27F2N7O. The number of rotatable bonds is 5. The summed E-state index contributed by atoms with van der Waals surface area (Å²) in [4.78, 5) is 10.1. The molecule has 0 bridgehead atoms. The number of halogens is 2. The van der Waals surface area contributed by atoms with E-state index in [-0.39, 0.29) is 34.6 Å². The molecule has 10 heteroatoms. The van der Waals surface area contributed by atoms with Crippen molar-refractivity contribution >= 4 is 22.4 Å². The summed E-state index contributed by atoms with van der Waals surface area (Å²) in [6.07, 6.45) is 2.59. The third kappa shape index (κ3) is 5.44. The molecule has 2 aromatic heterocycles. The predicted molar refractivity (Wildman–Crippen MR) is 145 cm³/mol. The molecular weight excluding hydrogens is 500 g/mol. The lowest BCUT2D eigenvalue weighted by Gasteiger charge is -2.24. The molecule has 39 heavy (non-hydrogen) atoms. The SMILES string of the molecule is [C-]#[N+]c1ccc(-c2nc(N3CCCNCC3)cc(C#N)c2-c2cc3cn(CC(C)(C)O)nc3cc2F)cc1F. The zero-order chi connectivity index (χ0) is 27.7. The number of aliphatic hydroxyl groups is 1. The molecule has 5 rings (SSSR count). The minimum atomic E-state index is -1.02. The Kier molecular flexibility index (Phi) is 7.00. The van der Waals surface area contributed by atoms with Gasteiger partial charge in [0.2, 0.25) is 5.69 Å². The van der Waals surface area contributed by atoms with Crippen LogP contribution in [-0.2, 0) is 6.54 Å². The summed E-state index contributed by atoms with van der Waals surface area (Å²) in [5.41, 5.74) is 0.384. The van der Waals surface area contributed by atoms with Gasteiger partial charge in [0.15, 0.2) is 0 Å². The number of nitrogens with zero attached hydrogens (tertiary/aromatic N) is 6. The van der Waals surface area contributed by atoms with Crippen LogP contribution in [-0.4, -0.2) is 51.7 Å². The summed E-state index contributed by atoms with van der Waals surface area (Å²) < 4.78 is 32.0. The molecule has 4 aromatic rings. The van der Waals surface area contributed by atoms with Crippen LogP contribution in [0.25, 0.3) is 38.1 Å². The Labute approximate surface area is 224 Å². The van der Waals surface area contributed by atoms with Crippen LogP contribution in [0.1, 0.15) is 25.8 Å². The van der Waals surface area contributed by atoms with E-state index in [1.807, 2.05) is 0 Å². The Morgan fingerprint density at radius 1 is 1.15 bits per heavy atom. The zero-order valence-corrected chi connectivity index (χ0v) is 21.7. The van der Waals surface area contributed by atoms with Crippen molar-refractivity contribution in [2.45, 2.75) is 32.4 Å². The average Bonchev–Trinajstić information content (AvgIpc) is 3.08. The molecule has 198 valence electrons. The van der Waals surface area contributed by atoms with Crippen molar-refractivity contribution in [3.63, 3.8) is 0 Å². The van der Waals surface area contributed by atoms with Gasteiger partial charge in [-0.25, -0.2) is 18.6 Å². The molecule has 0 aliphatic carbocycles. The van der Waals surface area contributed by atoms with Gasteiger partial charge >= 0.3 is 0 Å². The maximum absolute atomic E-state index is 15.7. The standard InChI is InChI=1S/C29H27F2N7O/c1-29(2,39)17-38-16-20-11-21(22(30)14-25(20)36-38)27-19(15-32)13-26(37-9-4-7-34-8-10-37)35-28(27)18-5-6-24(33-3)23(31)12-18/h5-6,11-14,16,34,39H,4,7-10,17H2,1-2H3. The molecule has 0 radical (unpaired) electrons. The van der Waals surface area contributed by atoms with Gasteiger partial charge in [-0.1, -0.05) is 12.1 Å². The predicted octanol–water partition coefficient (Wildman–Crippen LogP) is 5.04. The van der Waals surface area contributed by atoms with Gasteiger partial charge in [-0.15, -0.1) is 0 Å². The van der Waals surface area contributed by atoms with Gasteiger partial charge in [0.1, 0.15) is 17.5 Å². The number of hydrogen-bond acceptors (Lipinski definition) is 6. The van der Waals surface area contributed by atoms with Crippen LogP contribution < -0.4 is 10.2 Å². The smallest absolute Gasteiger partial charge is 0.222 e. The van der Waals surface area contributed by atoms with Crippen LogP contribution in [0.5, 0.6) is 0 Å². The third-order valence-corrected chi connectivity index (χ3v) is 6.59. The van der Waals surface area contributed by atoms with E-state index < -0.39 is 17.2 Å². The highest BCUT2D eigenvalue weighted by molar-refractivity contribution is 5.92. The fourth-order valence-corrected chi connectivity index (χ4v) is 4.85. The monoisotopic (exact) mass is 527 g/mol. The van der Waals surface area contributed by atoms with Crippen LogP contribution in [0.3, 0.4) is 0 Å². The molecule has 1 aliphatic heterocycles. The van der Waals surface area contributed by atoms with Crippen LogP contribution in [0.15, 0.2) is 42.6 Å². The lowest BCUT2D eigenvalue weighted by Crippen LogP contribution is -2.28. The van der Waals surface area contributed by atoms with E-state index >= 15 is 4.39 Å². The Morgan fingerprint density at radius 2 is 1.97 bits per heavy atom. The Morgan fingerprint density at radius 3 is 2.69 bits per heavy atom. The van der Waals surface area contributed by atoms with Gasteiger partial charge in [-0.05, 0) is 45.0 Å². The van der Waals surface area contributed by atoms with E-state index in [9.17, 15) is 14.8 Å². The summed E-state index contributed by atoms with van der Waals surface area (Å²) in [5.74, 6) is -0.786. The molecule has 1 saturated heterocycles. The first kappa shape index (κ1) is 26.2. The second kappa shape index (κ2) is 10.4. The summed E-state index contributed by atoms with van der Waals surface area (Å²) in [5, 5.41) is 28.7. The van der Waals surface area contributed by atoms with E-state index in [1.165, 1.54) is 18.2 Å². The number of hydrogen-bond donors (Lipinski definition) is 2. The number of nitrogens with one attached hydrogen (secondary N) is 1. The van der Waals surface area contributed by atoms with Gasteiger partial charge in [0.05, 0.1) is 41.6 Å². The molecule has 1 fully saturated rings. The zero-order valence-electron chi connectivity index (χ0n) is 21.7. The van der Waals surface area contributed by atoms with Crippen molar-refractivity contribution in [3.05, 3.63) is 71.2 Å². The fourth-order valence-electron chi connectivity index (χ4n) is 4.85. The summed E-state index contributed by atoms with van der Waals surface area (Å²) in [7, 11) is 0. The van der Waals surface area contributed by atoms with Gasteiger partial charge in [0.25, 0.3) is 0 Å². The molecule has 0 unspecified atom stereocenters. The number of nitriles is 1. The highest BCUT2D eigenvalue weighted by atomic mass is 19.1. The third-order valence-electron chi connectivity index (χ3n) is 6.59. The first-order valence-electron chi connectivity index (χ1n) is 12.6. The first-order chi connectivity index (χ1) is 18.7. The second-order valence-corrected chi connectivity index (χ2v) is 10.3. The molecule has 3 heterocycles. The van der Waals surface area contributed by atoms with E-state index in [0.29, 0.717) is 28.8 Å². The molecule has 0 spiro atoms. The van der Waals surface area contributed by atoms with Crippen molar-refractivity contribution in [1.29, 1.82) is 5.26 Å². The fraction of sp³-hybridized carbons (Fsp3) is 0.310. The van der Waals surface area contributed by atoms with Gasteiger partial charge in [0, 0.05) is 54.0 Å². The summed E-state index contributed by atoms with van der Waals surface area (Å²) in [6.45, 7) is 13.7. The van der Waals surface area contributed by atoms with Crippen molar-refractivity contribution < 1.29 is 13.9 Å². The van der Waals surface area contributed by atoms with Crippen LogP contribution in [0.4, 0.5) is 20.3 Å². The maximum atomic E-state index is 15.7. The van der Waals surface area contributed by atoms with Gasteiger partial charge in [-0.3, -0.25) is 4.68 Å². The Hall–Kier alpha value is -4.38. The minimum Gasteiger partial charge on any atom is -0.389 e. The van der Waals surface area contributed by atoms with Crippen molar-refractivity contribution in [3.8, 4) is 28.5 Å². The highest BCUT2D eigenvalue weighted by Gasteiger charge is 2.24. The van der Waals surface area contributed by atoms with Crippen LogP contribution in [0.2, 0.25) is 0 Å².